The molecule has 0 saturated carbocycles. The standard InChI is InChI=1S/C13H15ClN4O/c14-12-11(8-17-18-13(12)19)16-7-6-10(15)9-4-2-1-3-5-9/h1-5,8,10H,6-7,15H2,(H2,16,18,19). The van der Waals surface area contributed by atoms with Crippen molar-refractivity contribution < 1.29 is 0 Å². The van der Waals surface area contributed by atoms with Gasteiger partial charge in [0.1, 0.15) is 5.02 Å². The van der Waals surface area contributed by atoms with E-state index in [9.17, 15) is 4.79 Å². The van der Waals surface area contributed by atoms with Crippen LogP contribution in [0.25, 0.3) is 0 Å². The number of nitrogens with one attached hydrogen (secondary N) is 2. The minimum atomic E-state index is -0.404. The summed E-state index contributed by atoms with van der Waals surface area (Å²) in [6.45, 7) is 0.612. The summed E-state index contributed by atoms with van der Waals surface area (Å²) in [5.74, 6) is 0. The van der Waals surface area contributed by atoms with Gasteiger partial charge >= 0.3 is 0 Å². The van der Waals surface area contributed by atoms with Crippen molar-refractivity contribution in [1.82, 2.24) is 10.2 Å². The van der Waals surface area contributed by atoms with E-state index in [0.29, 0.717) is 12.2 Å². The van der Waals surface area contributed by atoms with Crippen molar-refractivity contribution in [1.29, 1.82) is 0 Å². The predicted molar refractivity (Wildman–Crippen MR) is 76.3 cm³/mol. The van der Waals surface area contributed by atoms with Crippen LogP contribution in [0.5, 0.6) is 0 Å². The number of aromatic amines is 1. The van der Waals surface area contributed by atoms with Crippen LogP contribution in [0.15, 0.2) is 41.3 Å². The lowest BCUT2D eigenvalue weighted by molar-refractivity contribution is 0.675. The van der Waals surface area contributed by atoms with Gasteiger partial charge in [-0.3, -0.25) is 4.79 Å². The Bertz CT molecular complexity index is 585. The third-order valence-electron chi connectivity index (χ3n) is 2.79. The molecule has 19 heavy (non-hydrogen) atoms. The number of nitrogens with two attached hydrogens (primary N) is 1. The third kappa shape index (κ3) is 3.56. The summed E-state index contributed by atoms with van der Waals surface area (Å²) in [5, 5.41) is 9.12. The molecule has 1 aromatic heterocycles. The quantitative estimate of drug-likeness (QED) is 0.780. The first-order chi connectivity index (χ1) is 9.18. The molecule has 1 heterocycles. The van der Waals surface area contributed by atoms with Crippen LogP contribution in [0.4, 0.5) is 5.69 Å². The number of H-pyrrole nitrogens is 1. The molecule has 0 bridgehead atoms. The highest BCUT2D eigenvalue weighted by molar-refractivity contribution is 6.32. The molecule has 1 atom stereocenters. The predicted octanol–water partition coefficient (Wildman–Crippen LogP) is 1.93. The molecule has 0 radical (unpaired) electrons. The molecule has 0 fully saturated rings. The zero-order chi connectivity index (χ0) is 13.7. The molecule has 6 heteroatoms. The average Bonchev–Trinajstić information content (AvgIpc) is 2.44. The Balaban J connectivity index is 1.90. The van der Waals surface area contributed by atoms with Gasteiger partial charge in [-0.05, 0) is 12.0 Å². The van der Waals surface area contributed by atoms with Crippen LogP contribution < -0.4 is 16.6 Å². The fraction of sp³-hybridized carbons (Fsp3) is 0.231. The number of hydrogen-bond donors (Lipinski definition) is 3. The van der Waals surface area contributed by atoms with Gasteiger partial charge < -0.3 is 11.1 Å². The molecule has 100 valence electrons. The first-order valence-electron chi connectivity index (χ1n) is 5.96. The molecule has 1 aromatic carbocycles. The van der Waals surface area contributed by atoms with Gasteiger partial charge in [-0.25, -0.2) is 5.10 Å². The largest absolute Gasteiger partial charge is 0.382 e. The van der Waals surface area contributed by atoms with Gasteiger partial charge in [0.15, 0.2) is 0 Å². The Kier molecular flexibility index (Phi) is 4.54. The van der Waals surface area contributed by atoms with E-state index in [0.717, 1.165) is 12.0 Å². The number of anilines is 1. The molecule has 0 aliphatic carbocycles. The molecule has 0 amide bonds. The molecule has 0 aliphatic heterocycles. The lowest BCUT2D eigenvalue weighted by atomic mass is 10.1. The van der Waals surface area contributed by atoms with E-state index in [4.69, 9.17) is 17.3 Å². The molecule has 4 N–H and O–H groups in total. The molecule has 1 unspecified atom stereocenters. The second kappa shape index (κ2) is 6.36. The second-order valence-corrected chi connectivity index (χ2v) is 4.54. The fourth-order valence-electron chi connectivity index (χ4n) is 1.74. The molecule has 0 spiro atoms. The van der Waals surface area contributed by atoms with Gasteiger partial charge in [0.25, 0.3) is 5.56 Å². The van der Waals surface area contributed by atoms with Crippen molar-refractivity contribution >= 4 is 17.3 Å². The zero-order valence-electron chi connectivity index (χ0n) is 10.3. The van der Waals surface area contributed by atoms with Crippen molar-refractivity contribution in [3.8, 4) is 0 Å². The summed E-state index contributed by atoms with van der Waals surface area (Å²) in [5.41, 5.74) is 7.27. The van der Waals surface area contributed by atoms with Crippen molar-refractivity contribution in [3.05, 3.63) is 57.5 Å². The topological polar surface area (TPSA) is 83.8 Å². The summed E-state index contributed by atoms with van der Waals surface area (Å²) in [7, 11) is 0. The van der Waals surface area contributed by atoms with Crippen molar-refractivity contribution in [3.63, 3.8) is 0 Å². The summed E-state index contributed by atoms with van der Waals surface area (Å²) in [6.07, 6.45) is 2.21. The minimum absolute atomic E-state index is 0.0533. The van der Waals surface area contributed by atoms with E-state index in [1.54, 1.807) is 0 Å². The maximum Gasteiger partial charge on any atom is 0.285 e. The summed E-state index contributed by atoms with van der Waals surface area (Å²) in [6, 6.07) is 9.80. The lowest BCUT2D eigenvalue weighted by Gasteiger charge is -2.13. The SMILES string of the molecule is NC(CCNc1cn[nH]c(=O)c1Cl)c1ccccc1. The van der Waals surface area contributed by atoms with Gasteiger partial charge in [0.05, 0.1) is 11.9 Å². The van der Waals surface area contributed by atoms with Gasteiger partial charge in [-0.15, -0.1) is 0 Å². The van der Waals surface area contributed by atoms with Gasteiger partial charge in [0.2, 0.25) is 0 Å². The first-order valence-corrected chi connectivity index (χ1v) is 6.34. The number of benzene rings is 1. The number of hydrogen-bond acceptors (Lipinski definition) is 4. The highest BCUT2D eigenvalue weighted by Gasteiger charge is 2.07. The van der Waals surface area contributed by atoms with E-state index in [1.165, 1.54) is 6.20 Å². The monoisotopic (exact) mass is 278 g/mol. The fourth-order valence-corrected chi connectivity index (χ4v) is 1.89. The van der Waals surface area contributed by atoms with Crippen molar-refractivity contribution in [2.75, 3.05) is 11.9 Å². The number of aromatic nitrogens is 2. The molecule has 2 rings (SSSR count). The van der Waals surface area contributed by atoms with Crippen LogP contribution in [0, 0.1) is 0 Å². The maximum atomic E-state index is 11.2. The van der Waals surface area contributed by atoms with E-state index in [2.05, 4.69) is 15.5 Å². The van der Waals surface area contributed by atoms with E-state index in [-0.39, 0.29) is 11.1 Å². The highest BCUT2D eigenvalue weighted by atomic mass is 35.5. The van der Waals surface area contributed by atoms with Gasteiger partial charge in [-0.1, -0.05) is 41.9 Å². The molecule has 0 aliphatic rings. The Labute approximate surface area is 115 Å². The van der Waals surface area contributed by atoms with Crippen LogP contribution in [0.2, 0.25) is 5.02 Å². The van der Waals surface area contributed by atoms with E-state index in [1.807, 2.05) is 30.3 Å². The Morgan fingerprint density at radius 3 is 2.84 bits per heavy atom. The molecular formula is C13H15ClN4O. The van der Waals surface area contributed by atoms with E-state index >= 15 is 0 Å². The summed E-state index contributed by atoms with van der Waals surface area (Å²) in [4.78, 5) is 11.2. The highest BCUT2D eigenvalue weighted by Crippen LogP contribution is 2.16. The number of nitrogens with zero attached hydrogens (tertiary/aromatic N) is 1. The van der Waals surface area contributed by atoms with Crippen molar-refractivity contribution in [2.45, 2.75) is 12.5 Å². The average molecular weight is 279 g/mol. The van der Waals surface area contributed by atoms with Crippen LogP contribution in [0.3, 0.4) is 0 Å². The van der Waals surface area contributed by atoms with Gasteiger partial charge in [0, 0.05) is 12.6 Å². The summed E-state index contributed by atoms with van der Waals surface area (Å²) >= 11 is 5.85. The maximum absolute atomic E-state index is 11.2. The second-order valence-electron chi connectivity index (χ2n) is 4.16. The first kappa shape index (κ1) is 13.6. The molecule has 0 saturated heterocycles. The Morgan fingerprint density at radius 2 is 2.11 bits per heavy atom. The van der Waals surface area contributed by atoms with Gasteiger partial charge in [-0.2, -0.15) is 5.10 Å². The zero-order valence-corrected chi connectivity index (χ0v) is 11.0. The van der Waals surface area contributed by atoms with Crippen LogP contribution >= 0.6 is 11.6 Å². The lowest BCUT2D eigenvalue weighted by Crippen LogP contribution is -2.17. The molecule has 2 aromatic rings. The normalized spacial score (nSPS) is 12.1. The minimum Gasteiger partial charge on any atom is -0.382 e. The van der Waals surface area contributed by atoms with Crippen LogP contribution in [-0.2, 0) is 0 Å². The van der Waals surface area contributed by atoms with Crippen molar-refractivity contribution in [2.24, 2.45) is 5.73 Å². The Morgan fingerprint density at radius 1 is 1.37 bits per heavy atom. The van der Waals surface area contributed by atoms with Crippen LogP contribution in [-0.4, -0.2) is 16.7 Å². The smallest absolute Gasteiger partial charge is 0.285 e. The molecule has 5 nitrogen and oxygen atoms in total. The number of rotatable bonds is 5. The van der Waals surface area contributed by atoms with Crippen LogP contribution in [0.1, 0.15) is 18.0 Å². The third-order valence-corrected chi connectivity index (χ3v) is 3.17. The molecular weight excluding hydrogens is 264 g/mol. The number of halogens is 1. The van der Waals surface area contributed by atoms with E-state index < -0.39 is 5.56 Å². The summed E-state index contributed by atoms with van der Waals surface area (Å²) < 4.78 is 0. The Hall–Kier alpha value is -1.85.